The summed E-state index contributed by atoms with van der Waals surface area (Å²) in [6.45, 7) is 5.84. The zero-order valence-corrected chi connectivity index (χ0v) is 22.9. The number of aromatic nitrogens is 1. The number of carbonyl (C=O) groups excluding carboxylic acids is 2. The molecule has 0 saturated carbocycles. The molecule has 3 heterocycles. The highest BCUT2D eigenvalue weighted by Gasteiger charge is 2.33. The molecule has 1 unspecified atom stereocenters. The van der Waals surface area contributed by atoms with Crippen LogP contribution in [0.5, 0.6) is 11.5 Å². The molecule has 0 amide bonds. The summed E-state index contributed by atoms with van der Waals surface area (Å²) in [5, 5.41) is 0. The number of rotatable bonds is 8. The lowest BCUT2D eigenvalue weighted by Gasteiger charge is -2.24. The summed E-state index contributed by atoms with van der Waals surface area (Å²) in [5.41, 5.74) is 1.96. The molecule has 0 saturated heterocycles. The standard InChI is InChI=1S/C30H26N2O7S/c1-4-36-23-16-19(13-14-21(23)39-28(34)22-12-9-15-38-22)17-24-27(33)32-26(20-10-7-6-8-11-20)25(29(35)37-5-2)18(3)31-30(32)40-24/h6-17,26H,4-5H2,1-3H3/b24-17+. The second-order valence-corrected chi connectivity index (χ2v) is 9.73. The molecule has 1 atom stereocenters. The largest absolute Gasteiger partial charge is 0.490 e. The van der Waals surface area contributed by atoms with Crippen molar-refractivity contribution in [3.63, 3.8) is 0 Å². The van der Waals surface area contributed by atoms with Gasteiger partial charge < -0.3 is 18.6 Å². The van der Waals surface area contributed by atoms with E-state index in [4.69, 9.17) is 18.6 Å². The zero-order valence-electron chi connectivity index (χ0n) is 22.1. The van der Waals surface area contributed by atoms with Crippen LogP contribution in [0.2, 0.25) is 0 Å². The van der Waals surface area contributed by atoms with Crippen molar-refractivity contribution in [1.82, 2.24) is 4.57 Å². The summed E-state index contributed by atoms with van der Waals surface area (Å²) in [6, 6.07) is 16.8. The van der Waals surface area contributed by atoms with Gasteiger partial charge in [0.15, 0.2) is 16.3 Å². The molecule has 0 fully saturated rings. The molecule has 2 aromatic carbocycles. The van der Waals surface area contributed by atoms with Gasteiger partial charge in [-0.2, -0.15) is 0 Å². The molecule has 9 nitrogen and oxygen atoms in total. The number of hydrogen-bond donors (Lipinski definition) is 0. The Morgan fingerprint density at radius 2 is 1.82 bits per heavy atom. The molecule has 0 N–H and O–H groups in total. The molecular formula is C30H26N2O7S. The van der Waals surface area contributed by atoms with Crippen LogP contribution in [0, 0.1) is 0 Å². The SMILES string of the molecule is CCOC(=O)C1=C(C)N=c2s/c(=C/c3ccc(OC(=O)c4ccco4)c(OCC)c3)c(=O)n2C1c1ccccc1. The highest BCUT2D eigenvalue weighted by Crippen LogP contribution is 2.31. The maximum atomic E-state index is 13.8. The van der Waals surface area contributed by atoms with Gasteiger partial charge in [0.25, 0.3) is 5.56 Å². The van der Waals surface area contributed by atoms with Crippen LogP contribution >= 0.6 is 11.3 Å². The van der Waals surface area contributed by atoms with Crippen LogP contribution < -0.4 is 24.4 Å². The first kappa shape index (κ1) is 26.9. The summed E-state index contributed by atoms with van der Waals surface area (Å²) in [7, 11) is 0. The third-order valence-electron chi connectivity index (χ3n) is 6.12. The van der Waals surface area contributed by atoms with Crippen LogP contribution in [0.1, 0.15) is 48.5 Å². The highest BCUT2D eigenvalue weighted by molar-refractivity contribution is 7.07. The quantitative estimate of drug-likeness (QED) is 0.237. The third-order valence-corrected chi connectivity index (χ3v) is 7.11. The Hall–Kier alpha value is -4.70. The first-order valence-corrected chi connectivity index (χ1v) is 13.5. The Kier molecular flexibility index (Phi) is 7.79. The van der Waals surface area contributed by atoms with Crippen molar-refractivity contribution in [3.05, 3.63) is 115 Å². The van der Waals surface area contributed by atoms with E-state index in [0.29, 0.717) is 38.5 Å². The first-order chi connectivity index (χ1) is 19.4. The number of ether oxygens (including phenoxy) is 3. The summed E-state index contributed by atoms with van der Waals surface area (Å²) < 4.78 is 23.6. The van der Waals surface area contributed by atoms with Gasteiger partial charge in [-0.3, -0.25) is 9.36 Å². The number of nitrogens with zero attached hydrogens (tertiary/aromatic N) is 2. The summed E-state index contributed by atoms with van der Waals surface area (Å²) >= 11 is 1.22. The lowest BCUT2D eigenvalue weighted by molar-refractivity contribution is -0.139. The van der Waals surface area contributed by atoms with Crippen LogP contribution in [0.3, 0.4) is 0 Å². The number of carbonyl (C=O) groups is 2. The van der Waals surface area contributed by atoms with Crippen molar-refractivity contribution in [2.75, 3.05) is 13.2 Å². The molecule has 0 spiro atoms. The number of fused-ring (bicyclic) bond motifs is 1. The van der Waals surface area contributed by atoms with E-state index in [1.165, 1.54) is 28.2 Å². The van der Waals surface area contributed by atoms with Crippen molar-refractivity contribution >= 4 is 29.4 Å². The minimum absolute atomic E-state index is 0.0677. The molecule has 0 bridgehead atoms. The van der Waals surface area contributed by atoms with Crippen molar-refractivity contribution in [3.8, 4) is 11.5 Å². The predicted octanol–water partition coefficient (Wildman–Crippen LogP) is 4.01. The van der Waals surface area contributed by atoms with Gasteiger partial charge in [-0.15, -0.1) is 0 Å². The summed E-state index contributed by atoms with van der Waals surface area (Å²) in [6.07, 6.45) is 3.11. The lowest BCUT2D eigenvalue weighted by Crippen LogP contribution is -2.39. The Balaban J connectivity index is 1.58. The van der Waals surface area contributed by atoms with Crippen LogP contribution in [0.4, 0.5) is 0 Å². The highest BCUT2D eigenvalue weighted by atomic mass is 32.1. The van der Waals surface area contributed by atoms with Gasteiger partial charge in [-0.1, -0.05) is 47.7 Å². The normalized spacial score (nSPS) is 14.9. The minimum Gasteiger partial charge on any atom is -0.490 e. The van der Waals surface area contributed by atoms with Crippen molar-refractivity contribution in [1.29, 1.82) is 0 Å². The smallest absolute Gasteiger partial charge is 0.379 e. The Morgan fingerprint density at radius 3 is 2.52 bits per heavy atom. The van der Waals surface area contributed by atoms with E-state index in [1.807, 2.05) is 37.3 Å². The zero-order chi connectivity index (χ0) is 28.2. The van der Waals surface area contributed by atoms with E-state index in [1.54, 1.807) is 44.2 Å². The van der Waals surface area contributed by atoms with Crippen molar-refractivity contribution in [2.24, 2.45) is 4.99 Å². The minimum atomic E-state index is -0.680. The molecule has 5 rings (SSSR count). The molecular weight excluding hydrogens is 532 g/mol. The van der Waals surface area contributed by atoms with E-state index in [-0.39, 0.29) is 23.7 Å². The van der Waals surface area contributed by atoms with E-state index < -0.39 is 18.0 Å². The average molecular weight is 559 g/mol. The van der Waals surface area contributed by atoms with Gasteiger partial charge >= 0.3 is 11.9 Å². The molecule has 10 heteroatoms. The molecule has 0 radical (unpaired) electrons. The Morgan fingerprint density at radius 1 is 1.02 bits per heavy atom. The van der Waals surface area contributed by atoms with Gasteiger partial charge in [0, 0.05) is 0 Å². The molecule has 1 aliphatic rings. The molecule has 4 aromatic rings. The van der Waals surface area contributed by atoms with Crippen LogP contribution in [0.25, 0.3) is 6.08 Å². The molecule has 1 aliphatic heterocycles. The lowest BCUT2D eigenvalue weighted by atomic mass is 9.96. The van der Waals surface area contributed by atoms with E-state index in [2.05, 4.69) is 4.99 Å². The average Bonchev–Trinajstić information content (AvgIpc) is 3.59. The summed E-state index contributed by atoms with van der Waals surface area (Å²) in [5.74, 6) is -0.529. The van der Waals surface area contributed by atoms with Gasteiger partial charge in [0.2, 0.25) is 5.76 Å². The second kappa shape index (κ2) is 11.6. The fourth-order valence-electron chi connectivity index (χ4n) is 4.41. The van der Waals surface area contributed by atoms with E-state index in [9.17, 15) is 14.4 Å². The molecule has 204 valence electrons. The Labute approximate surface area is 233 Å². The number of hydrogen-bond acceptors (Lipinski definition) is 9. The molecule has 0 aliphatic carbocycles. The number of thiazole rings is 1. The maximum absolute atomic E-state index is 13.8. The third kappa shape index (κ3) is 5.26. The van der Waals surface area contributed by atoms with Gasteiger partial charge in [-0.05, 0) is 62.2 Å². The Bertz CT molecular complexity index is 1770. The van der Waals surface area contributed by atoms with Gasteiger partial charge in [-0.25, -0.2) is 14.6 Å². The van der Waals surface area contributed by atoms with Gasteiger partial charge in [0.05, 0.1) is 41.3 Å². The number of benzene rings is 2. The van der Waals surface area contributed by atoms with Crippen molar-refractivity contribution in [2.45, 2.75) is 26.8 Å². The van der Waals surface area contributed by atoms with Crippen LogP contribution in [-0.2, 0) is 9.53 Å². The van der Waals surface area contributed by atoms with E-state index in [0.717, 1.165) is 5.56 Å². The van der Waals surface area contributed by atoms with Crippen LogP contribution in [0.15, 0.2) is 92.4 Å². The molecule has 40 heavy (non-hydrogen) atoms. The molecule has 2 aromatic heterocycles. The summed E-state index contributed by atoms with van der Waals surface area (Å²) in [4.78, 5) is 44.2. The number of allylic oxidation sites excluding steroid dienone is 1. The van der Waals surface area contributed by atoms with Crippen LogP contribution in [-0.4, -0.2) is 29.7 Å². The number of furan rings is 1. The fraction of sp³-hybridized carbons (Fsp3) is 0.200. The first-order valence-electron chi connectivity index (χ1n) is 12.7. The monoisotopic (exact) mass is 558 g/mol. The topological polar surface area (TPSA) is 109 Å². The van der Waals surface area contributed by atoms with Gasteiger partial charge in [0.1, 0.15) is 0 Å². The van der Waals surface area contributed by atoms with E-state index >= 15 is 0 Å². The maximum Gasteiger partial charge on any atom is 0.379 e. The van der Waals surface area contributed by atoms with Crippen molar-refractivity contribution < 1.29 is 28.2 Å². The fourth-order valence-corrected chi connectivity index (χ4v) is 5.45. The number of esters is 2. The predicted molar refractivity (Wildman–Crippen MR) is 148 cm³/mol. The second-order valence-electron chi connectivity index (χ2n) is 8.72.